The summed E-state index contributed by atoms with van der Waals surface area (Å²) in [6, 6.07) is 2.58. The number of amides is 1. The van der Waals surface area contributed by atoms with Crippen molar-refractivity contribution in [3.8, 4) is 0 Å². The summed E-state index contributed by atoms with van der Waals surface area (Å²) in [6.45, 7) is 5.36. The Kier molecular flexibility index (Phi) is 7.01. The second-order valence-electron chi connectivity index (χ2n) is 5.59. The van der Waals surface area contributed by atoms with Crippen molar-refractivity contribution in [3.05, 3.63) is 27.2 Å². The van der Waals surface area contributed by atoms with Crippen LogP contribution >= 0.6 is 34.8 Å². The van der Waals surface area contributed by atoms with Gasteiger partial charge in [-0.25, -0.2) is 8.42 Å². The molecule has 0 saturated heterocycles. The number of halogens is 3. The highest BCUT2D eigenvalue weighted by Gasteiger charge is 2.25. The maximum Gasteiger partial charge on any atom is 0.240 e. The molecule has 1 amide bonds. The molecule has 5 nitrogen and oxygen atoms in total. The lowest BCUT2D eigenvalue weighted by molar-refractivity contribution is -0.120. The van der Waals surface area contributed by atoms with Crippen LogP contribution in [0.25, 0.3) is 0 Å². The van der Waals surface area contributed by atoms with E-state index in [0.29, 0.717) is 0 Å². The average Bonchev–Trinajstić information content (AvgIpc) is 2.39. The Bertz CT molecular complexity index is 693. The predicted molar refractivity (Wildman–Crippen MR) is 96.1 cm³/mol. The monoisotopic (exact) mass is 400 g/mol. The van der Waals surface area contributed by atoms with Gasteiger partial charge >= 0.3 is 0 Å². The van der Waals surface area contributed by atoms with Crippen LogP contribution < -0.4 is 9.62 Å². The normalized spacial score (nSPS) is 13.0. The van der Waals surface area contributed by atoms with Gasteiger partial charge in [0.05, 0.1) is 27.0 Å². The molecule has 0 aliphatic carbocycles. The van der Waals surface area contributed by atoms with Gasteiger partial charge in [-0.1, -0.05) is 48.7 Å². The maximum absolute atomic E-state index is 12.1. The maximum atomic E-state index is 12.1. The lowest BCUT2D eigenvalue weighted by atomic mass is 10.1. The Labute approximate surface area is 151 Å². The summed E-state index contributed by atoms with van der Waals surface area (Å²) in [5.74, 6) is -0.210. The van der Waals surface area contributed by atoms with Crippen molar-refractivity contribution in [2.75, 3.05) is 17.1 Å². The van der Waals surface area contributed by atoms with Crippen molar-refractivity contribution in [2.45, 2.75) is 26.8 Å². The molecule has 130 valence electrons. The summed E-state index contributed by atoms with van der Waals surface area (Å²) in [4.78, 5) is 12.1. The van der Waals surface area contributed by atoms with Crippen LogP contribution in [0.15, 0.2) is 12.1 Å². The van der Waals surface area contributed by atoms with Gasteiger partial charge in [0.1, 0.15) is 6.54 Å². The number of sulfonamides is 1. The second kappa shape index (κ2) is 7.92. The van der Waals surface area contributed by atoms with Gasteiger partial charge in [0.15, 0.2) is 0 Å². The standard InChI is InChI=1S/C14H19Cl3N2O3S/c1-8(2)9(3)18-14(20)7-19(23(4,21)22)13-6-11(16)10(15)5-12(13)17/h5-6,8-9H,7H2,1-4H3,(H,18,20)/t9-/m1/s1. The second-order valence-corrected chi connectivity index (χ2v) is 8.72. The predicted octanol–water partition coefficient (Wildman–Crippen LogP) is 3.57. The van der Waals surface area contributed by atoms with E-state index in [4.69, 9.17) is 34.8 Å². The van der Waals surface area contributed by atoms with E-state index in [2.05, 4.69) is 5.32 Å². The molecule has 0 heterocycles. The summed E-state index contributed by atoms with van der Waals surface area (Å²) in [6.07, 6.45) is 0.991. The zero-order valence-electron chi connectivity index (χ0n) is 13.2. The minimum absolute atomic E-state index is 0.0896. The van der Waals surface area contributed by atoms with Crippen LogP contribution in [0, 0.1) is 5.92 Å². The molecular formula is C14H19Cl3N2O3S. The Morgan fingerprint density at radius 2 is 1.65 bits per heavy atom. The zero-order chi connectivity index (χ0) is 17.9. The lowest BCUT2D eigenvalue weighted by Gasteiger charge is -2.25. The fraction of sp³-hybridized carbons (Fsp3) is 0.500. The summed E-state index contributed by atoms with van der Waals surface area (Å²) >= 11 is 17.8. The van der Waals surface area contributed by atoms with Gasteiger partial charge < -0.3 is 5.32 Å². The lowest BCUT2D eigenvalue weighted by Crippen LogP contribution is -2.44. The minimum Gasteiger partial charge on any atom is -0.352 e. The van der Waals surface area contributed by atoms with Gasteiger partial charge in [-0.05, 0) is 25.0 Å². The van der Waals surface area contributed by atoms with Gasteiger partial charge in [-0.15, -0.1) is 0 Å². The molecule has 0 fully saturated rings. The largest absolute Gasteiger partial charge is 0.352 e. The Balaban J connectivity index is 3.13. The SMILES string of the molecule is CC(C)[C@@H](C)NC(=O)CN(c1cc(Cl)c(Cl)cc1Cl)S(C)(=O)=O. The highest BCUT2D eigenvalue weighted by atomic mass is 35.5. The first-order valence-electron chi connectivity index (χ1n) is 6.85. The van der Waals surface area contributed by atoms with Crippen molar-refractivity contribution in [1.29, 1.82) is 0 Å². The van der Waals surface area contributed by atoms with Crippen molar-refractivity contribution in [2.24, 2.45) is 5.92 Å². The van der Waals surface area contributed by atoms with E-state index in [9.17, 15) is 13.2 Å². The molecule has 0 aromatic heterocycles. The number of carbonyl (C=O) groups excluding carboxylic acids is 1. The molecule has 1 aromatic rings. The van der Waals surface area contributed by atoms with Crippen molar-refractivity contribution in [1.82, 2.24) is 5.32 Å². The molecule has 0 saturated carbocycles. The van der Waals surface area contributed by atoms with Gasteiger partial charge in [-0.3, -0.25) is 9.10 Å². The minimum atomic E-state index is -3.73. The summed E-state index contributed by atoms with van der Waals surface area (Å²) in [7, 11) is -3.73. The summed E-state index contributed by atoms with van der Waals surface area (Å²) in [5.41, 5.74) is 0.107. The first-order chi connectivity index (χ1) is 10.4. The number of anilines is 1. The van der Waals surface area contributed by atoms with Gasteiger partial charge in [0.2, 0.25) is 15.9 Å². The molecule has 1 rings (SSSR count). The molecule has 0 bridgehead atoms. The van der Waals surface area contributed by atoms with Gasteiger partial charge in [-0.2, -0.15) is 0 Å². The fourth-order valence-corrected chi connectivity index (χ4v) is 3.23. The number of benzene rings is 1. The number of hydrogen-bond donors (Lipinski definition) is 1. The van der Waals surface area contributed by atoms with Crippen LogP contribution in [0.3, 0.4) is 0 Å². The van der Waals surface area contributed by atoms with E-state index in [-0.39, 0.29) is 32.7 Å². The molecule has 1 atom stereocenters. The van der Waals surface area contributed by atoms with Crippen LogP contribution in [0.1, 0.15) is 20.8 Å². The third-order valence-corrected chi connectivity index (χ3v) is 5.49. The highest BCUT2D eigenvalue weighted by molar-refractivity contribution is 7.92. The zero-order valence-corrected chi connectivity index (χ0v) is 16.3. The van der Waals surface area contributed by atoms with Crippen molar-refractivity contribution < 1.29 is 13.2 Å². The Morgan fingerprint density at radius 3 is 2.13 bits per heavy atom. The number of nitrogens with one attached hydrogen (secondary N) is 1. The molecule has 0 aliphatic heterocycles. The third-order valence-electron chi connectivity index (χ3n) is 3.33. The van der Waals surface area contributed by atoms with E-state index in [1.807, 2.05) is 20.8 Å². The number of nitrogens with zero attached hydrogens (tertiary/aromatic N) is 1. The molecule has 23 heavy (non-hydrogen) atoms. The molecule has 0 spiro atoms. The average molecular weight is 402 g/mol. The first-order valence-corrected chi connectivity index (χ1v) is 9.83. The van der Waals surface area contributed by atoms with Crippen molar-refractivity contribution in [3.63, 3.8) is 0 Å². The number of hydrogen-bond acceptors (Lipinski definition) is 3. The van der Waals surface area contributed by atoms with E-state index in [0.717, 1.165) is 10.6 Å². The first kappa shape index (κ1) is 20.4. The molecule has 1 aromatic carbocycles. The number of carbonyl (C=O) groups is 1. The van der Waals surface area contributed by atoms with E-state index >= 15 is 0 Å². The topological polar surface area (TPSA) is 66.5 Å². The van der Waals surface area contributed by atoms with Crippen LogP contribution in [0.5, 0.6) is 0 Å². The molecule has 1 N–H and O–H groups in total. The Morgan fingerprint density at radius 1 is 1.13 bits per heavy atom. The quantitative estimate of drug-likeness (QED) is 0.741. The summed E-state index contributed by atoms with van der Waals surface area (Å²) in [5, 5.41) is 3.19. The molecular weight excluding hydrogens is 383 g/mol. The smallest absolute Gasteiger partial charge is 0.240 e. The van der Waals surface area contributed by atoms with Crippen LogP contribution in [-0.4, -0.2) is 33.2 Å². The molecule has 9 heteroatoms. The van der Waals surface area contributed by atoms with Gasteiger partial charge in [0, 0.05) is 6.04 Å². The van der Waals surface area contributed by atoms with Crippen molar-refractivity contribution >= 4 is 56.4 Å². The highest BCUT2D eigenvalue weighted by Crippen LogP contribution is 2.35. The fourth-order valence-electron chi connectivity index (χ4n) is 1.68. The van der Waals surface area contributed by atoms with Crippen LogP contribution in [-0.2, 0) is 14.8 Å². The van der Waals surface area contributed by atoms with Crippen LogP contribution in [0.2, 0.25) is 15.1 Å². The third kappa shape index (κ3) is 5.71. The van der Waals surface area contributed by atoms with Crippen LogP contribution in [0.4, 0.5) is 5.69 Å². The van der Waals surface area contributed by atoms with E-state index in [1.165, 1.54) is 12.1 Å². The Hall–Kier alpha value is -0.690. The summed E-state index contributed by atoms with van der Waals surface area (Å²) < 4.78 is 25.0. The van der Waals surface area contributed by atoms with Gasteiger partial charge in [0.25, 0.3) is 0 Å². The van der Waals surface area contributed by atoms with E-state index in [1.54, 1.807) is 0 Å². The number of rotatable bonds is 6. The molecule has 0 aliphatic rings. The molecule has 0 unspecified atom stereocenters. The molecule has 0 radical (unpaired) electrons. The van der Waals surface area contributed by atoms with E-state index < -0.39 is 22.5 Å².